The van der Waals surface area contributed by atoms with E-state index < -0.39 is 17.6 Å². The highest BCUT2D eigenvalue weighted by molar-refractivity contribution is 6.34. The Bertz CT molecular complexity index is 672. The van der Waals surface area contributed by atoms with Crippen LogP contribution in [0, 0.1) is 11.6 Å². The highest BCUT2D eigenvalue weighted by atomic mass is 35.5. The van der Waals surface area contributed by atoms with Crippen molar-refractivity contribution in [1.29, 1.82) is 0 Å². The summed E-state index contributed by atoms with van der Waals surface area (Å²) in [7, 11) is 0. The van der Waals surface area contributed by atoms with Crippen LogP contribution in [0.2, 0.25) is 10.0 Å². The molecule has 19 heavy (non-hydrogen) atoms. The maximum absolute atomic E-state index is 13.2. The van der Waals surface area contributed by atoms with Crippen molar-refractivity contribution in [3.63, 3.8) is 0 Å². The van der Waals surface area contributed by atoms with Gasteiger partial charge in [0.1, 0.15) is 0 Å². The minimum absolute atomic E-state index is 0.0161. The van der Waals surface area contributed by atoms with Crippen LogP contribution in [0.3, 0.4) is 0 Å². The summed E-state index contributed by atoms with van der Waals surface area (Å²) in [5, 5.41) is 8.99. The second-order valence-electron chi connectivity index (χ2n) is 3.75. The summed E-state index contributed by atoms with van der Waals surface area (Å²) >= 11 is 11.5. The van der Waals surface area contributed by atoms with Gasteiger partial charge in [-0.05, 0) is 29.8 Å². The summed E-state index contributed by atoms with van der Waals surface area (Å²) in [5.74, 6) is -3.35. The van der Waals surface area contributed by atoms with E-state index in [0.29, 0.717) is 5.56 Å². The number of halogens is 4. The summed E-state index contributed by atoms with van der Waals surface area (Å²) in [6, 6.07) is 5.84. The van der Waals surface area contributed by atoms with Gasteiger partial charge in [0.25, 0.3) is 0 Å². The smallest absolute Gasteiger partial charge is 0.337 e. The van der Waals surface area contributed by atoms with Crippen LogP contribution in [0.25, 0.3) is 11.1 Å². The van der Waals surface area contributed by atoms with Gasteiger partial charge in [0.05, 0.1) is 15.6 Å². The molecule has 0 spiro atoms. The zero-order chi connectivity index (χ0) is 14.2. The first-order valence-electron chi connectivity index (χ1n) is 5.08. The van der Waals surface area contributed by atoms with Crippen LogP contribution < -0.4 is 0 Å². The first kappa shape index (κ1) is 13.8. The van der Waals surface area contributed by atoms with Gasteiger partial charge in [0.15, 0.2) is 11.6 Å². The lowest BCUT2D eigenvalue weighted by atomic mass is 10.0. The van der Waals surface area contributed by atoms with Gasteiger partial charge in [0, 0.05) is 5.56 Å². The fourth-order valence-electron chi connectivity index (χ4n) is 1.60. The van der Waals surface area contributed by atoms with Crippen molar-refractivity contribution in [2.75, 3.05) is 0 Å². The molecular weight excluding hydrogens is 297 g/mol. The lowest BCUT2D eigenvalue weighted by molar-refractivity contribution is 0.0697. The van der Waals surface area contributed by atoms with Crippen molar-refractivity contribution in [2.24, 2.45) is 0 Å². The summed E-state index contributed by atoms with van der Waals surface area (Å²) in [4.78, 5) is 11.0. The number of carboxylic acids is 1. The third kappa shape index (κ3) is 2.69. The van der Waals surface area contributed by atoms with Gasteiger partial charge >= 0.3 is 5.97 Å². The molecule has 0 saturated carbocycles. The van der Waals surface area contributed by atoms with Crippen molar-refractivity contribution >= 4 is 29.2 Å². The Morgan fingerprint density at radius 3 is 2.26 bits per heavy atom. The maximum Gasteiger partial charge on any atom is 0.337 e. The lowest BCUT2D eigenvalue weighted by Crippen LogP contribution is -1.98. The largest absolute Gasteiger partial charge is 0.478 e. The van der Waals surface area contributed by atoms with Crippen molar-refractivity contribution in [1.82, 2.24) is 0 Å². The Morgan fingerprint density at radius 1 is 1.00 bits per heavy atom. The molecule has 98 valence electrons. The topological polar surface area (TPSA) is 37.3 Å². The standard InChI is InChI=1S/C13H6Cl2F2O2/c14-9-2-1-6(3-8(9)13(18)19)7-4-11(16)12(17)5-10(7)15/h1-5H,(H,18,19). The quantitative estimate of drug-likeness (QED) is 0.821. The Balaban J connectivity index is 2.63. The highest BCUT2D eigenvalue weighted by Crippen LogP contribution is 2.32. The molecule has 2 nitrogen and oxygen atoms in total. The van der Waals surface area contributed by atoms with Gasteiger partial charge in [0.2, 0.25) is 0 Å². The van der Waals surface area contributed by atoms with Gasteiger partial charge < -0.3 is 5.11 Å². The average Bonchev–Trinajstić information content (AvgIpc) is 2.34. The van der Waals surface area contributed by atoms with Gasteiger partial charge in [-0.1, -0.05) is 29.3 Å². The molecule has 0 atom stereocenters. The molecule has 2 rings (SSSR count). The normalized spacial score (nSPS) is 10.5. The predicted molar refractivity (Wildman–Crippen MR) is 68.8 cm³/mol. The van der Waals surface area contributed by atoms with E-state index in [0.717, 1.165) is 12.1 Å². The van der Waals surface area contributed by atoms with E-state index in [-0.39, 0.29) is 21.2 Å². The van der Waals surface area contributed by atoms with Crippen LogP contribution in [0.4, 0.5) is 8.78 Å². The van der Waals surface area contributed by atoms with Gasteiger partial charge in [-0.2, -0.15) is 0 Å². The molecule has 2 aromatic carbocycles. The third-order valence-corrected chi connectivity index (χ3v) is 3.16. The van der Waals surface area contributed by atoms with E-state index in [1.54, 1.807) is 0 Å². The van der Waals surface area contributed by atoms with Gasteiger partial charge in [-0.3, -0.25) is 0 Å². The lowest BCUT2D eigenvalue weighted by Gasteiger charge is -2.07. The number of rotatable bonds is 2. The van der Waals surface area contributed by atoms with Crippen molar-refractivity contribution in [3.05, 3.63) is 57.6 Å². The molecule has 0 bridgehead atoms. The predicted octanol–water partition coefficient (Wildman–Crippen LogP) is 4.64. The third-order valence-electron chi connectivity index (χ3n) is 2.52. The number of aromatic carboxylic acids is 1. The minimum Gasteiger partial charge on any atom is -0.478 e. The number of hydrogen-bond donors (Lipinski definition) is 1. The van der Waals surface area contributed by atoms with E-state index in [2.05, 4.69) is 0 Å². The van der Waals surface area contributed by atoms with Crippen LogP contribution in [0.1, 0.15) is 10.4 Å². The first-order chi connectivity index (χ1) is 8.90. The van der Waals surface area contributed by atoms with Crippen LogP contribution >= 0.6 is 23.2 Å². The number of benzene rings is 2. The van der Waals surface area contributed by atoms with E-state index in [4.69, 9.17) is 28.3 Å². The van der Waals surface area contributed by atoms with E-state index in [1.165, 1.54) is 18.2 Å². The van der Waals surface area contributed by atoms with Crippen LogP contribution in [0.5, 0.6) is 0 Å². The SMILES string of the molecule is O=C(O)c1cc(-c2cc(F)c(F)cc2Cl)ccc1Cl. The minimum atomic E-state index is -1.22. The summed E-state index contributed by atoms with van der Waals surface area (Å²) in [6.07, 6.45) is 0. The summed E-state index contributed by atoms with van der Waals surface area (Å²) < 4.78 is 26.2. The number of hydrogen-bond acceptors (Lipinski definition) is 1. The highest BCUT2D eigenvalue weighted by Gasteiger charge is 2.14. The molecule has 0 amide bonds. The summed E-state index contributed by atoms with van der Waals surface area (Å²) in [6.45, 7) is 0. The van der Waals surface area contributed by atoms with Crippen LogP contribution in [-0.2, 0) is 0 Å². The molecule has 0 aliphatic rings. The molecule has 0 aliphatic carbocycles. The van der Waals surface area contributed by atoms with E-state index in [9.17, 15) is 13.6 Å². The average molecular weight is 303 g/mol. The summed E-state index contributed by atoms with van der Waals surface area (Å²) in [5.41, 5.74) is 0.394. The Kier molecular flexibility index (Phi) is 3.73. The monoisotopic (exact) mass is 302 g/mol. The zero-order valence-electron chi connectivity index (χ0n) is 9.25. The molecule has 0 aromatic heterocycles. The fraction of sp³-hybridized carbons (Fsp3) is 0. The van der Waals surface area contributed by atoms with Crippen LogP contribution in [-0.4, -0.2) is 11.1 Å². The number of carbonyl (C=O) groups is 1. The van der Waals surface area contributed by atoms with Crippen molar-refractivity contribution in [3.8, 4) is 11.1 Å². The molecule has 0 saturated heterocycles. The molecule has 0 unspecified atom stereocenters. The Hall–Kier alpha value is -1.65. The van der Waals surface area contributed by atoms with Gasteiger partial charge in [-0.15, -0.1) is 0 Å². The second kappa shape index (κ2) is 5.15. The molecule has 0 aliphatic heterocycles. The molecule has 0 fully saturated rings. The molecule has 0 radical (unpaired) electrons. The molecule has 0 heterocycles. The Labute approximate surface area is 117 Å². The fourth-order valence-corrected chi connectivity index (χ4v) is 2.06. The maximum atomic E-state index is 13.2. The second-order valence-corrected chi connectivity index (χ2v) is 4.56. The van der Waals surface area contributed by atoms with Crippen LogP contribution in [0.15, 0.2) is 30.3 Å². The molecule has 6 heteroatoms. The van der Waals surface area contributed by atoms with E-state index >= 15 is 0 Å². The van der Waals surface area contributed by atoms with Gasteiger partial charge in [-0.25, -0.2) is 13.6 Å². The van der Waals surface area contributed by atoms with Crippen molar-refractivity contribution in [2.45, 2.75) is 0 Å². The number of carboxylic acid groups (broad SMARTS) is 1. The zero-order valence-corrected chi connectivity index (χ0v) is 10.8. The van der Waals surface area contributed by atoms with E-state index in [1.807, 2.05) is 0 Å². The molecular formula is C13H6Cl2F2O2. The molecule has 1 N–H and O–H groups in total. The first-order valence-corrected chi connectivity index (χ1v) is 5.83. The molecule has 2 aromatic rings. The van der Waals surface area contributed by atoms with Crippen molar-refractivity contribution < 1.29 is 18.7 Å². The Morgan fingerprint density at radius 2 is 1.63 bits per heavy atom.